The van der Waals surface area contributed by atoms with Crippen LogP contribution in [-0.4, -0.2) is 16.0 Å². The van der Waals surface area contributed by atoms with Gasteiger partial charge in [0.15, 0.2) is 0 Å². The Kier molecular flexibility index (Phi) is 5.20. The third-order valence-electron chi connectivity index (χ3n) is 3.00. The molecule has 0 aliphatic rings. The molecule has 0 atom stereocenters. The first-order valence-corrected chi connectivity index (χ1v) is 7.97. The van der Waals surface area contributed by atoms with Gasteiger partial charge in [0.1, 0.15) is 10.6 Å². The van der Waals surface area contributed by atoms with Gasteiger partial charge in [-0.25, -0.2) is 4.98 Å². The van der Waals surface area contributed by atoms with E-state index in [1.54, 1.807) is 6.07 Å². The van der Waals surface area contributed by atoms with Gasteiger partial charge in [0.25, 0.3) is 5.91 Å². The zero-order valence-electron chi connectivity index (χ0n) is 11.9. The lowest BCUT2D eigenvalue weighted by Gasteiger charge is -2.06. The molecule has 112 valence electrons. The average molecular weight is 325 g/mol. The molecule has 0 saturated carbocycles. The fourth-order valence-electron chi connectivity index (χ4n) is 1.89. The normalized spacial score (nSPS) is 10.6. The second-order valence-electron chi connectivity index (χ2n) is 4.74. The first kappa shape index (κ1) is 15.8. The van der Waals surface area contributed by atoms with Crippen LogP contribution in [0.5, 0.6) is 5.75 Å². The van der Waals surface area contributed by atoms with Crippen molar-refractivity contribution >= 4 is 34.5 Å². The van der Waals surface area contributed by atoms with Crippen LogP contribution in [0.25, 0.3) is 0 Å². The molecule has 0 aliphatic carbocycles. The van der Waals surface area contributed by atoms with Crippen molar-refractivity contribution in [3.8, 4) is 5.75 Å². The SMILES string of the molecule is CCCCc1nc(C)c(C(=O)Nc2cc(Cl)ccc2O)s1. The average Bonchev–Trinajstić information content (AvgIpc) is 2.82. The number of phenolic OH excluding ortho intramolecular Hbond substituents is 1. The Bertz CT molecular complexity index is 655. The molecule has 1 heterocycles. The van der Waals surface area contributed by atoms with Gasteiger partial charge in [-0.15, -0.1) is 11.3 Å². The summed E-state index contributed by atoms with van der Waals surface area (Å²) in [6.45, 7) is 3.94. The number of amides is 1. The van der Waals surface area contributed by atoms with Crippen LogP contribution in [0.2, 0.25) is 5.02 Å². The number of nitrogens with one attached hydrogen (secondary N) is 1. The van der Waals surface area contributed by atoms with Crippen molar-refractivity contribution in [1.29, 1.82) is 0 Å². The first-order chi connectivity index (χ1) is 10.0. The lowest BCUT2D eigenvalue weighted by Crippen LogP contribution is -2.11. The molecule has 0 radical (unpaired) electrons. The van der Waals surface area contributed by atoms with Gasteiger partial charge in [0, 0.05) is 5.02 Å². The molecule has 4 nitrogen and oxygen atoms in total. The highest BCUT2D eigenvalue weighted by Gasteiger charge is 2.16. The molecule has 0 bridgehead atoms. The predicted molar refractivity (Wildman–Crippen MR) is 86.5 cm³/mol. The number of phenols is 1. The van der Waals surface area contributed by atoms with Crippen molar-refractivity contribution in [2.45, 2.75) is 33.1 Å². The Labute approximate surface area is 132 Å². The summed E-state index contributed by atoms with van der Waals surface area (Å²) in [5.41, 5.74) is 1.01. The van der Waals surface area contributed by atoms with Gasteiger partial charge >= 0.3 is 0 Å². The van der Waals surface area contributed by atoms with Crippen LogP contribution in [0.1, 0.15) is 40.1 Å². The van der Waals surface area contributed by atoms with E-state index in [-0.39, 0.29) is 11.7 Å². The van der Waals surface area contributed by atoms with Crippen molar-refractivity contribution in [2.24, 2.45) is 0 Å². The number of aromatic nitrogens is 1. The molecule has 0 saturated heterocycles. The van der Waals surface area contributed by atoms with E-state index in [9.17, 15) is 9.90 Å². The van der Waals surface area contributed by atoms with E-state index in [4.69, 9.17) is 11.6 Å². The number of carbonyl (C=O) groups excluding carboxylic acids is 1. The van der Waals surface area contributed by atoms with Crippen molar-refractivity contribution < 1.29 is 9.90 Å². The molecule has 0 fully saturated rings. The van der Waals surface area contributed by atoms with E-state index in [0.29, 0.717) is 21.3 Å². The Hall–Kier alpha value is -1.59. The summed E-state index contributed by atoms with van der Waals surface area (Å²) in [6.07, 6.45) is 3.04. The topological polar surface area (TPSA) is 62.2 Å². The lowest BCUT2D eigenvalue weighted by molar-refractivity contribution is 0.102. The second-order valence-corrected chi connectivity index (χ2v) is 6.26. The Morgan fingerprint density at radius 1 is 1.48 bits per heavy atom. The van der Waals surface area contributed by atoms with Crippen LogP contribution in [0.15, 0.2) is 18.2 Å². The lowest BCUT2D eigenvalue weighted by atomic mass is 10.2. The van der Waals surface area contributed by atoms with Gasteiger partial charge < -0.3 is 10.4 Å². The van der Waals surface area contributed by atoms with Crippen LogP contribution >= 0.6 is 22.9 Å². The number of nitrogens with zero attached hydrogens (tertiary/aromatic N) is 1. The summed E-state index contributed by atoms with van der Waals surface area (Å²) < 4.78 is 0. The standard InChI is InChI=1S/C15H17ClN2O2S/c1-3-4-5-13-17-9(2)14(21-13)15(20)18-11-8-10(16)6-7-12(11)19/h6-8,19H,3-5H2,1-2H3,(H,18,20). The number of halogens is 1. The minimum Gasteiger partial charge on any atom is -0.506 e. The van der Waals surface area contributed by atoms with E-state index in [0.717, 1.165) is 24.3 Å². The van der Waals surface area contributed by atoms with Crippen LogP contribution in [0, 0.1) is 6.92 Å². The Morgan fingerprint density at radius 3 is 2.95 bits per heavy atom. The molecule has 6 heteroatoms. The minimum absolute atomic E-state index is 0.0128. The molecule has 2 N–H and O–H groups in total. The third-order valence-corrected chi connectivity index (χ3v) is 4.45. The number of anilines is 1. The first-order valence-electron chi connectivity index (χ1n) is 6.77. The number of unbranched alkanes of at least 4 members (excludes halogenated alkanes) is 1. The number of aryl methyl sites for hydroxylation is 2. The van der Waals surface area contributed by atoms with E-state index in [1.165, 1.54) is 23.5 Å². The van der Waals surface area contributed by atoms with E-state index in [1.807, 2.05) is 6.92 Å². The van der Waals surface area contributed by atoms with Crippen LogP contribution in [-0.2, 0) is 6.42 Å². The number of hydrogen-bond acceptors (Lipinski definition) is 4. The fraction of sp³-hybridized carbons (Fsp3) is 0.333. The van der Waals surface area contributed by atoms with E-state index in [2.05, 4.69) is 17.2 Å². The molecule has 0 spiro atoms. The highest BCUT2D eigenvalue weighted by atomic mass is 35.5. The van der Waals surface area contributed by atoms with Gasteiger partial charge in [-0.3, -0.25) is 4.79 Å². The minimum atomic E-state index is -0.273. The van der Waals surface area contributed by atoms with E-state index < -0.39 is 0 Å². The molecule has 21 heavy (non-hydrogen) atoms. The van der Waals surface area contributed by atoms with Gasteiger partial charge in [0.2, 0.25) is 0 Å². The Morgan fingerprint density at radius 2 is 2.24 bits per heavy atom. The van der Waals surface area contributed by atoms with Crippen molar-refractivity contribution in [3.63, 3.8) is 0 Å². The second kappa shape index (κ2) is 6.91. The summed E-state index contributed by atoms with van der Waals surface area (Å²) in [7, 11) is 0. The van der Waals surface area contributed by atoms with Crippen molar-refractivity contribution in [2.75, 3.05) is 5.32 Å². The molecular weight excluding hydrogens is 308 g/mol. The van der Waals surface area contributed by atoms with Crippen molar-refractivity contribution in [1.82, 2.24) is 4.98 Å². The number of aromatic hydroxyl groups is 1. The summed E-state index contributed by atoms with van der Waals surface area (Å²) >= 11 is 7.27. The molecule has 0 unspecified atom stereocenters. The summed E-state index contributed by atoms with van der Waals surface area (Å²) in [5.74, 6) is -0.286. The molecule has 2 rings (SSSR count). The number of benzene rings is 1. The predicted octanol–water partition coefficient (Wildman–Crippen LogP) is 4.41. The quantitative estimate of drug-likeness (QED) is 0.801. The molecule has 2 aromatic rings. The van der Waals surface area contributed by atoms with Crippen LogP contribution in [0.3, 0.4) is 0 Å². The number of hydrogen-bond donors (Lipinski definition) is 2. The zero-order valence-corrected chi connectivity index (χ0v) is 13.5. The summed E-state index contributed by atoms with van der Waals surface area (Å²) in [6, 6.07) is 4.53. The van der Waals surface area contributed by atoms with Crippen molar-refractivity contribution in [3.05, 3.63) is 38.8 Å². The highest BCUT2D eigenvalue weighted by Crippen LogP contribution is 2.28. The van der Waals surface area contributed by atoms with Gasteiger partial charge in [0.05, 0.1) is 16.4 Å². The van der Waals surface area contributed by atoms with Gasteiger partial charge in [-0.05, 0) is 38.0 Å². The Balaban J connectivity index is 2.16. The largest absolute Gasteiger partial charge is 0.506 e. The maximum Gasteiger partial charge on any atom is 0.267 e. The van der Waals surface area contributed by atoms with Crippen LogP contribution in [0.4, 0.5) is 5.69 Å². The highest BCUT2D eigenvalue weighted by molar-refractivity contribution is 7.13. The van der Waals surface area contributed by atoms with Gasteiger partial charge in [-0.1, -0.05) is 24.9 Å². The smallest absolute Gasteiger partial charge is 0.267 e. The third kappa shape index (κ3) is 3.95. The number of carbonyl (C=O) groups is 1. The molecule has 1 aromatic carbocycles. The maximum atomic E-state index is 12.3. The zero-order chi connectivity index (χ0) is 15.4. The fourth-order valence-corrected chi connectivity index (χ4v) is 3.06. The number of rotatable bonds is 5. The van der Waals surface area contributed by atoms with Crippen LogP contribution < -0.4 is 5.32 Å². The molecule has 0 aliphatic heterocycles. The maximum absolute atomic E-state index is 12.3. The molecule has 1 amide bonds. The summed E-state index contributed by atoms with van der Waals surface area (Å²) in [4.78, 5) is 17.3. The monoisotopic (exact) mass is 324 g/mol. The number of thiazole rings is 1. The van der Waals surface area contributed by atoms with Gasteiger partial charge in [-0.2, -0.15) is 0 Å². The molecule has 1 aromatic heterocycles. The molecular formula is C15H17ClN2O2S. The summed E-state index contributed by atoms with van der Waals surface area (Å²) in [5, 5.41) is 13.8. The van der Waals surface area contributed by atoms with E-state index >= 15 is 0 Å².